The maximum Gasteiger partial charge on any atom is 0.139 e. The van der Waals surface area contributed by atoms with Gasteiger partial charge in [-0.3, -0.25) is 9.80 Å². The van der Waals surface area contributed by atoms with Crippen molar-refractivity contribution >= 4 is 11.5 Å². The van der Waals surface area contributed by atoms with Crippen molar-refractivity contribution < 1.29 is 4.79 Å². The average molecular weight is 222 g/mol. The Bertz CT molecular complexity index is 301. The van der Waals surface area contributed by atoms with Crippen LogP contribution in [0.2, 0.25) is 0 Å². The fourth-order valence-corrected chi connectivity index (χ4v) is 2.75. The van der Waals surface area contributed by atoms with Crippen LogP contribution in [0.1, 0.15) is 52.4 Å². The molecular formula is C13H22N2O. The van der Waals surface area contributed by atoms with Crippen LogP contribution in [0.4, 0.5) is 0 Å². The summed E-state index contributed by atoms with van der Waals surface area (Å²) < 4.78 is 0. The predicted molar refractivity (Wildman–Crippen MR) is 65.5 cm³/mol. The molecule has 0 radical (unpaired) electrons. The molecule has 16 heavy (non-hydrogen) atoms. The number of carbonyl (C=O) groups excluding carboxylic acids is 1. The molecule has 0 aromatic carbocycles. The molecule has 1 saturated heterocycles. The van der Waals surface area contributed by atoms with Crippen LogP contribution in [0.5, 0.6) is 0 Å². The Morgan fingerprint density at radius 2 is 1.81 bits per heavy atom. The third kappa shape index (κ3) is 3.06. The summed E-state index contributed by atoms with van der Waals surface area (Å²) in [6, 6.07) is 0. The zero-order chi connectivity index (χ0) is 11.6. The van der Waals surface area contributed by atoms with Gasteiger partial charge < -0.3 is 0 Å². The topological polar surface area (TPSA) is 32.7 Å². The van der Waals surface area contributed by atoms with E-state index in [0.29, 0.717) is 18.6 Å². The monoisotopic (exact) mass is 222 g/mol. The van der Waals surface area contributed by atoms with Crippen molar-refractivity contribution in [3.05, 3.63) is 0 Å². The molecule has 0 atom stereocenters. The van der Waals surface area contributed by atoms with E-state index in [1.165, 1.54) is 19.3 Å². The first kappa shape index (κ1) is 11.6. The van der Waals surface area contributed by atoms with E-state index < -0.39 is 0 Å². The highest BCUT2D eigenvalue weighted by atomic mass is 16.1. The Labute approximate surface area is 97.9 Å². The van der Waals surface area contributed by atoms with E-state index in [4.69, 9.17) is 0 Å². The van der Waals surface area contributed by atoms with Gasteiger partial charge in [0.15, 0.2) is 0 Å². The number of carbonyl (C=O) groups is 1. The molecule has 1 heterocycles. The largest absolute Gasteiger partial charge is 0.299 e. The van der Waals surface area contributed by atoms with Crippen LogP contribution in [-0.2, 0) is 4.79 Å². The number of hydrogen-bond acceptors (Lipinski definition) is 3. The Morgan fingerprint density at radius 1 is 1.12 bits per heavy atom. The van der Waals surface area contributed by atoms with Crippen LogP contribution in [-0.4, -0.2) is 29.6 Å². The van der Waals surface area contributed by atoms with Gasteiger partial charge in [-0.15, -0.1) is 0 Å². The van der Waals surface area contributed by atoms with Crippen molar-refractivity contribution in [3.63, 3.8) is 0 Å². The van der Waals surface area contributed by atoms with Crippen LogP contribution in [0.25, 0.3) is 0 Å². The molecule has 2 rings (SSSR count). The summed E-state index contributed by atoms with van der Waals surface area (Å²) in [6.45, 7) is 6.46. The van der Waals surface area contributed by atoms with Crippen LogP contribution in [0, 0.1) is 5.41 Å². The number of hydrazone groups is 1. The molecule has 3 heteroatoms. The van der Waals surface area contributed by atoms with Crippen molar-refractivity contribution in [3.8, 4) is 0 Å². The van der Waals surface area contributed by atoms with E-state index in [-0.39, 0.29) is 5.41 Å². The Hall–Kier alpha value is -0.860. The lowest BCUT2D eigenvalue weighted by Gasteiger charge is -2.31. The number of hydrogen-bond donors (Lipinski definition) is 0. The highest BCUT2D eigenvalue weighted by Crippen LogP contribution is 2.32. The SMILES string of the molecule is CC1(C)CC(=O)C/C(=N\N2CCCCC2)C1. The first-order valence-corrected chi connectivity index (χ1v) is 6.38. The smallest absolute Gasteiger partial charge is 0.139 e. The molecule has 0 spiro atoms. The summed E-state index contributed by atoms with van der Waals surface area (Å²) in [6.07, 6.45) is 6.09. The van der Waals surface area contributed by atoms with Gasteiger partial charge in [-0.2, -0.15) is 5.10 Å². The predicted octanol–water partition coefficient (Wildman–Crippen LogP) is 2.61. The summed E-state index contributed by atoms with van der Waals surface area (Å²) >= 11 is 0. The summed E-state index contributed by atoms with van der Waals surface area (Å²) in [5.74, 6) is 0.354. The van der Waals surface area contributed by atoms with E-state index in [0.717, 1.165) is 25.2 Å². The lowest BCUT2D eigenvalue weighted by Crippen LogP contribution is -2.32. The second-order valence-corrected chi connectivity index (χ2v) is 5.91. The minimum Gasteiger partial charge on any atom is -0.299 e. The lowest BCUT2D eigenvalue weighted by atomic mass is 9.76. The fourth-order valence-electron chi connectivity index (χ4n) is 2.75. The van der Waals surface area contributed by atoms with Gasteiger partial charge in [0.2, 0.25) is 0 Å². The molecule has 1 saturated carbocycles. The lowest BCUT2D eigenvalue weighted by molar-refractivity contribution is -0.120. The average Bonchev–Trinajstić information content (AvgIpc) is 2.15. The maximum atomic E-state index is 11.6. The van der Waals surface area contributed by atoms with E-state index in [1.54, 1.807) is 0 Å². The van der Waals surface area contributed by atoms with Crippen LogP contribution in [0.3, 0.4) is 0 Å². The molecule has 1 aliphatic heterocycles. The van der Waals surface area contributed by atoms with Gasteiger partial charge in [-0.05, 0) is 31.1 Å². The molecule has 1 aliphatic carbocycles. The summed E-state index contributed by atoms with van der Waals surface area (Å²) in [5, 5.41) is 6.83. The minimum absolute atomic E-state index is 0.115. The van der Waals surface area contributed by atoms with Gasteiger partial charge in [0, 0.05) is 31.6 Å². The second-order valence-electron chi connectivity index (χ2n) is 5.91. The third-order valence-corrected chi connectivity index (χ3v) is 3.37. The van der Waals surface area contributed by atoms with Crippen LogP contribution >= 0.6 is 0 Å². The van der Waals surface area contributed by atoms with E-state index in [1.807, 2.05) is 0 Å². The molecule has 0 aromatic heterocycles. The number of Topliss-reactive ketones (excluding diaryl/α,β-unsaturated/α-hetero) is 1. The third-order valence-electron chi connectivity index (χ3n) is 3.37. The van der Waals surface area contributed by atoms with Crippen LogP contribution < -0.4 is 0 Å². The summed E-state index contributed by atoms with van der Waals surface area (Å²) in [4.78, 5) is 11.6. The molecule has 2 aliphatic rings. The van der Waals surface area contributed by atoms with Crippen molar-refractivity contribution in [1.29, 1.82) is 0 Å². The molecular weight excluding hydrogens is 200 g/mol. The van der Waals surface area contributed by atoms with Gasteiger partial charge in [-0.1, -0.05) is 13.8 Å². The Kier molecular flexibility index (Phi) is 3.31. The normalized spacial score (nSPS) is 28.5. The second kappa shape index (κ2) is 4.56. The zero-order valence-electron chi connectivity index (χ0n) is 10.5. The standard InChI is InChI=1S/C13H22N2O/c1-13(2)9-11(8-12(16)10-13)14-15-6-4-3-5-7-15/h3-10H2,1-2H3/b14-11+. The summed E-state index contributed by atoms with van der Waals surface area (Å²) in [7, 11) is 0. The van der Waals surface area contributed by atoms with Crippen molar-refractivity contribution in [2.75, 3.05) is 13.1 Å². The number of piperidine rings is 1. The molecule has 0 N–H and O–H groups in total. The maximum absolute atomic E-state index is 11.6. The van der Waals surface area contributed by atoms with Gasteiger partial charge in [0.1, 0.15) is 5.78 Å². The van der Waals surface area contributed by atoms with Gasteiger partial charge in [0.25, 0.3) is 0 Å². The molecule has 2 fully saturated rings. The Morgan fingerprint density at radius 3 is 2.44 bits per heavy atom. The van der Waals surface area contributed by atoms with Gasteiger partial charge in [0.05, 0.1) is 0 Å². The van der Waals surface area contributed by atoms with Gasteiger partial charge >= 0.3 is 0 Å². The highest BCUT2D eigenvalue weighted by molar-refractivity contribution is 6.04. The molecule has 90 valence electrons. The Balaban J connectivity index is 2.02. The molecule has 0 unspecified atom stereocenters. The van der Waals surface area contributed by atoms with Crippen LogP contribution in [0.15, 0.2) is 5.10 Å². The van der Waals surface area contributed by atoms with Crippen molar-refractivity contribution in [1.82, 2.24) is 5.01 Å². The van der Waals surface area contributed by atoms with E-state index >= 15 is 0 Å². The number of ketones is 1. The number of rotatable bonds is 1. The van der Waals surface area contributed by atoms with E-state index in [9.17, 15) is 4.79 Å². The fraction of sp³-hybridized carbons (Fsp3) is 0.846. The first-order valence-electron chi connectivity index (χ1n) is 6.38. The minimum atomic E-state index is 0.115. The van der Waals surface area contributed by atoms with Crippen molar-refractivity contribution in [2.24, 2.45) is 10.5 Å². The zero-order valence-corrected chi connectivity index (χ0v) is 10.5. The van der Waals surface area contributed by atoms with Gasteiger partial charge in [-0.25, -0.2) is 0 Å². The van der Waals surface area contributed by atoms with Crippen molar-refractivity contribution in [2.45, 2.75) is 52.4 Å². The van der Waals surface area contributed by atoms with E-state index in [2.05, 4.69) is 24.0 Å². The number of nitrogens with zero attached hydrogens (tertiary/aromatic N) is 2. The summed E-state index contributed by atoms with van der Waals surface area (Å²) in [5.41, 5.74) is 1.22. The molecule has 3 nitrogen and oxygen atoms in total. The quantitative estimate of drug-likeness (QED) is 0.683. The highest BCUT2D eigenvalue weighted by Gasteiger charge is 2.30. The molecule has 0 amide bonds. The first-order chi connectivity index (χ1) is 7.55. The molecule has 0 aromatic rings. The molecule has 0 bridgehead atoms.